The molecule has 0 fully saturated rings. The van der Waals surface area contributed by atoms with E-state index in [1.807, 2.05) is 6.07 Å². The lowest BCUT2D eigenvalue weighted by molar-refractivity contribution is 0.304. The minimum absolute atomic E-state index is 0.254. The third-order valence-corrected chi connectivity index (χ3v) is 6.07. The second kappa shape index (κ2) is 8.72. The number of rotatable bonds is 8. The topological polar surface area (TPSA) is 30.5 Å². The lowest BCUT2D eigenvalue weighted by Crippen LogP contribution is -2.29. The molecule has 2 aromatic carbocycles. The fraction of sp³-hybridized carbons (Fsp3) is 0.440. The van der Waals surface area contributed by atoms with Gasteiger partial charge in [-0.25, -0.2) is 0 Å². The van der Waals surface area contributed by atoms with Gasteiger partial charge in [-0.1, -0.05) is 56.5 Å². The molecular weight excluding hydrogens is 346 g/mol. The van der Waals surface area contributed by atoms with Crippen molar-refractivity contribution in [2.75, 3.05) is 19.0 Å². The van der Waals surface area contributed by atoms with Gasteiger partial charge >= 0.3 is 0 Å². The molecule has 1 N–H and O–H groups in total. The van der Waals surface area contributed by atoms with Crippen molar-refractivity contribution >= 4 is 5.69 Å². The van der Waals surface area contributed by atoms with Gasteiger partial charge < -0.3 is 14.8 Å². The molecule has 2 aliphatic rings. The molecule has 3 unspecified atom stereocenters. The van der Waals surface area contributed by atoms with E-state index in [0.717, 1.165) is 30.9 Å². The molecule has 28 heavy (non-hydrogen) atoms. The summed E-state index contributed by atoms with van der Waals surface area (Å²) in [6, 6.07) is 15.2. The molecule has 1 heterocycles. The average molecular weight is 378 g/mol. The van der Waals surface area contributed by atoms with Gasteiger partial charge in [-0.15, -0.1) is 0 Å². The van der Waals surface area contributed by atoms with Crippen LogP contribution in [0.4, 0.5) is 5.69 Å². The molecule has 0 amide bonds. The highest BCUT2D eigenvalue weighted by Crippen LogP contribution is 2.51. The first kappa shape index (κ1) is 18.9. The first-order chi connectivity index (χ1) is 13.8. The van der Waals surface area contributed by atoms with Gasteiger partial charge in [0.1, 0.15) is 11.5 Å². The SMILES string of the molecule is CCCCCCOc1ccc2c(c1)C1C=CCC1C(c1ccccc1OC)N2. The van der Waals surface area contributed by atoms with Gasteiger partial charge in [0.05, 0.1) is 19.8 Å². The molecule has 0 bridgehead atoms. The molecule has 1 aliphatic carbocycles. The predicted octanol–water partition coefficient (Wildman–Crippen LogP) is 6.48. The third-order valence-electron chi connectivity index (χ3n) is 6.07. The molecule has 0 aromatic heterocycles. The Bertz CT molecular complexity index is 829. The second-order valence-corrected chi connectivity index (χ2v) is 7.88. The monoisotopic (exact) mass is 377 g/mol. The summed E-state index contributed by atoms with van der Waals surface area (Å²) in [4.78, 5) is 0. The number of benzene rings is 2. The van der Waals surface area contributed by atoms with Crippen LogP contribution in [0.2, 0.25) is 0 Å². The Balaban J connectivity index is 1.55. The number of para-hydroxylation sites is 1. The van der Waals surface area contributed by atoms with E-state index in [1.165, 1.54) is 36.1 Å². The Morgan fingerprint density at radius 1 is 1.04 bits per heavy atom. The van der Waals surface area contributed by atoms with Crippen LogP contribution < -0.4 is 14.8 Å². The minimum Gasteiger partial charge on any atom is -0.496 e. The maximum atomic E-state index is 6.04. The third kappa shape index (κ3) is 3.76. The number of fused-ring (bicyclic) bond motifs is 3. The van der Waals surface area contributed by atoms with Gasteiger partial charge in [0.2, 0.25) is 0 Å². The summed E-state index contributed by atoms with van der Waals surface area (Å²) in [6.45, 7) is 3.04. The van der Waals surface area contributed by atoms with Crippen molar-refractivity contribution in [3.05, 3.63) is 65.7 Å². The lowest BCUT2D eigenvalue weighted by Gasteiger charge is -2.38. The van der Waals surface area contributed by atoms with Crippen molar-refractivity contribution in [3.63, 3.8) is 0 Å². The average Bonchev–Trinajstić information content (AvgIpc) is 3.23. The number of hydrogen-bond donors (Lipinski definition) is 1. The maximum Gasteiger partial charge on any atom is 0.124 e. The number of anilines is 1. The molecule has 0 saturated heterocycles. The lowest BCUT2D eigenvalue weighted by atomic mass is 9.77. The van der Waals surface area contributed by atoms with Crippen LogP contribution in [0.25, 0.3) is 0 Å². The predicted molar refractivity (Wildman–Crippen MR) is 115 cm³/mol. The van der Waals surface area contributed by atoms with E-state index in [4.69, 9.17) is 9.47 Å². The summed E-state index contributed by atoms with van der Waals surface area (Å²) in [7, 11) is 1.75. The Kier molecular flexibility index (Phi) is 5.90. The van der Waals surface area contributed by atoms with E-state index in [9.17, 15) is 0 Å². The van der Waals surface area contributed by atoms with Crippen molar-refractivity contribution < 1.29 is 9.47 Å². The van der Waals surface area contributed by atoms with E-state index in [2.05, 4.69) is 60.8 Å². The fourth-order valence-electron chi connectivity index (χ4n) is 4.61. The molecule has 4 rings (SSSR count). The Labute approximate surface area is 168 Å². The molecule has 1 aliphatic heterocycles. The van der Waals surface area contributed by atoms with Crippen LogP contribution >= 0.6 is 0 Å². The summed E-state index contributed by atoms with van der Waals surface area (Å²) in [6.07, 6.45) is 10.7. The number of allylic oxidation sites excluding steroid dienone is 2. The van der Waals surface area contributed by atoms with E-state index in [1.54, 1.807) is 7.11 Å². The zero-order valence-electron chi connectivity index (χ0n) is 17.0. The van der Waals surface area contributed by atoms with Gasteiger partial charge in [0.15, 0.2) is 0 Å². The smallest absolute Gasteiger partial charge is 0.124 e. The summed E-state index contributed by atoms with van der Waals surface area (Å²) in [5, 5.41) is 3.80. The summed E-state index contributed by atoms with van der Waals surface area (Å²) in [5.74, 6) is 2.88. The van der Waals surface area contributed by atoms with Gasteiger partial charge in [-0.2, -0.15) is 0 Å². The highest BCUT2D eigenvalue weighted by Gasteiger charge is 2.39. The van der Waals surface area contributed by atoms with E-state index in [-0.39, 0.29) is 6.04 Å². The molecule has 3 heteroatoms. The van der Waals surface area contributed by atoms with E-state index in [0.29, 0.717) is 11.8 Å². The first-order valence-corrected chi connectivity index (χ1v) is 10.6. The van der Waals surface area contributed by atoms with Crippen LogP contribution in [0.5, 0.6) is 11.5 Å². The van der Waals surface area contributed by atoms with Crippen molar-refractivity contribution in [3.8, 4) is 11.5 Å². The van der Waals surface area contributed by atoms with Crippen molar-refractivity contribution in [1.82, 2.24) is 0 Å². The quantitative estimate of drug-likeness (QED) is 0.422. The number of unbranched alkanes of at least 4 members (excludes halogenated alkanes) is 3. The van der Waals surface area contributed by atoms with Crippen LogP contribution in [0.3, 0.4) is 0 Å². The number of ether oxygens (including phenoxy) is 2. The largest absolute Gasteiger partial charge is 0.496 e. The normalized spacial score (nSPS) is 22.3. The van der Waals surface area contributed by atoms with Gasteiger partial charge in [-0.05, 0) is 48.6 Å². The number of methoxy groups -OCH3 is 1. The van der Waals surface area contributed by atoms with Gasteiger partial charge in [0.25, 0.3) is 0 Å². The standard InChI is InChI=1S/C25H31NO2/c1-3-4-5-8-16-28-18-14-15-23-22(17-18)19-11-9-12-20(19)25(26-23)21-10-6-7-13-24(21)27-2/h6-7,9-11,13-15,17,19-20,25-26H,3-5,8,12,16H2,1-2H3. The van der Waals surface area contributed by atoms with Crippen LogP contribution in [0.15, 0.2) is 54.6 Å². The molecular formula is C25H31NO2. The summed E-state index contributed by atoms with van der Waals surface area (Å²) in [5.41, 5.74) is 3.81. The zero-order chi connectivity index (χ0) is 19.3. The van der Waals surface area contributed by atoms with Crippen LogP contribution in [-0.4, -0.2) is 13.7 Å². The fourth-order valence-corrected chi connectivity index (χ4v) is 4.61. The van der Waals surface area contributed by atoms with Crippen molar-refractivity contribution in [2.24, 2.45) is 5.92 Å². The van der Waals surface area contributed by atoms with Crippen molar-refractivity contribution in [2.45, 2.75) is 51.0 Å². The summed E-state index contributed by atoms with van der Waals surface area (Å²) < 4.78 is 11.7. The summed E-state index contributed by atoms with van der Waals surface area (Å²) >= 11 is 0. The Hall–Kier alpha value is -2.42. The molecule has 3 nitrogen and oxygen atoms in total. The molecule has 2 aromatic rings. The van der Waals surface area contributed by atoms with Gasteiger partial charge in [0, 0.05) is 17.2 Å². The van der Waals surface area contributed by atoms with Crippen LogP contribution in [0.1, 0.15) is 62.1 Å². The second-order valence-electron chi connectivity index (χ2n) is 7.88. The highest BCUT2D eigenvalue weighted by molar-refractivity contribution is 5.62. The molecule has 148 valence electrons. The van der Waals surface area contributed by atoms with Gasteiger partial charge in [-0.3, -0.25) is 0 Å². The number of hydrogen-bond acceptors (Lipinski definition) is 3. The Morgan fingerprint density at radius 3 is 2.79 bits per heavy atom. The van der Waals surface area contributed by atoms with Crippen molar-refractivity contribution in [1.29, 1.82) is 0 Å². The molecule has 0 radical (unpaired) electrons. The van der Waals surface area contributed by atoms with Crippen LogP contribution in [0, 0.1) is 5.92 Å². The molecule has 0 spiro atoms. The first-order valence-electron chi connectivity index (χ1n) is 10.6. The molecule has 0 saturated carbocycles. The molecule has 3 atom stereocenters. The highest BCUT2D eigenvalue weighted by atomic mass is 16.5. The Morgan fingerprint density at radius 2 is 1.93 bits per heavy atom. The van der Waals surface area contributed by atoms with E-state index >= 15 is 0 Å². The zero-order valence-corrected chi connectivity index (χ0v) is 17.0. The van der Waals surface area contributed by atoms with E-state index < -0.39 is 0 Å². The number of nitrogens with one attached hydrogen (secondary N) is 1. The maximum absolute atomic E-state index is 6.04. The minimum atomic E-state index is 0.254. The van der Waals surface area contributed by atoms with Crippen LogP contribution in [-0.2, 0) is 0 Å².